The minimum absolute atomic E-state index is 0. The number of hydrogen-bond acceptors (Lipinski definition) is 14. The van der Waals surface area contributed by atoms with Crippen molar-refractivity contribution in [3.05, 3.63) is 245 Å². The number of carboxylic acids is 3. The van der Waals surface area contributed by atoms with Crippen molar-refractivity contribution in [2.45, 2.75) is 189 Å². The first kappa shape index (κ1) is 98.2. The summed E-state index contributed by atoms with van der Waals surface area (Å²) in [6.45, 7) is 25.6. The van der Waals surface area contributed by atoms with Crippen molar-refractivity contribution in [2.75, 3.05) is 13.2 Å². The molecule has 0 saturated heterocycles. The molecule has 0 atom stereocenters. The fraction of sp³-hybridized carbons (Fsp3) is 0.391. The summed E-state index contributed by atoms with van der Waals surface area (Å²) >= 11 is 8.17. The van der Waals surface area contributed by atoms with E-state index >= 15 is 0 Å². The Balaban J connectivity index is 0.00000133. The zero-order chi connectivity index (χ0) is 77.0. The van der Waals surface area contributed by atoms with E-state index in [9.17, 15) is 57.8 Å². The number of carboxylic acid groups (broad SMARTS) is 3. The lowest BCUT2D eigenvalue weighted by atomic mass is 9.90. The lowest BCUT2D eigenvalue weighted by Gasteiger charge is -2.28. The van der Waals surface area contributed by atoms with Crippen LogP contribution in [0.25, 0.3) is 0 Å². The molecule has 0 radical (unpaired) electrons. The topological polar surface area (TPSA) is 317 Å². The van der Waals surface area contributed by atoms with Crippen molar-refractivity contribution in [1.82, 2.24) is 10.6 Å². The van der Waals surface area contributed by atoms with Crippen LogP contribution in [0, 0.1) is 51.4 Å². The van der Waals surface area contributed by atoms with Gasteiger partial charge in [0.1, 0.15) is 16.6 Å². The van der Waals surface area contributed by atoms with Gasteiger partial charge >= 0.3 is 29.8 Å². The predicted molar refractivity (Wildman–Crippen MR) is 433 cm³/mol. The number of esters is 2. The number of amides is 2. The molecule has 10 rings (SSSR count). The number of halogens is 2. The SMILES string of the molecule is C.C.C.C.C.CC(C)C(=O)Cl.CCOC(=O)C1(N)Cc2ccccc2C1.CCOC(=O)C1(NC(=O)c2cccc(C)c2C(=O)C(C)C)Cc2ccccc2C1.Cc1cccc(C(=O)NC2(C(=O)O)Cc3ccccc3C2)c1C(=O)C(C)C.Cc1cccc(C(=O)O)c1Br.Cc1cccc(C(=O)O)c1C(=O)C(C)C. The number of benzene rings is 7. The lowest BCUT2D eigenvalue weighted by Crippen LogP contribution is -2.56. The molecule has 2 amide bonds. The highest BCUT2D eigenvalue weighted by molar-refractivity contribution is 9.10. The van der Waals surface area contributed by atoms with Crippen LogP contribution in [0.15, 0.2) is 150 Å². The second kappa shape index (κ2) is 43.9. The Morgan fingerprint density at radius 2 is 0.676 bits per heavy atom. The Kier molecular flexibility index (Phi) is 39.9. The van der Waals surface area contributed by atoms with Crippen molar-refractivity contribution < 1.29 is 77.5 Å². The summed E-state index contributed by atoms with van der Waals surface area (Å²) in [6.07, 6.45) is 2.36. The molecule has 7 aromatic rings. The summed E-state index contributed by atoms with van der Waals surface area (Å²) in [6, 6.07) is 43.5. The van der Waals surface area contributed by atoms with Crippen LogP contribution in [0.3, 0.4) is 0 Å². The predicted octanol–water partition coefficient (Wildman–Crippen LogP) is 17.5. The van der Waals surface area contributed by atoms with E-state index in [0.717, 1.165) is 44.5 Å². The number of Topliss-reactive ketones (excluding diaryl/α,β-unsaturated/α-hetero) is 3. The van der Waals surface area contributed by atoms with Crippen molar-refractivity contribution in [2.24, 2.45) is 29.4 Å². The van der Waals surface area contributed by atoms with Crippen molar-refractivity contribution in [3.63, 3.8) is 0 Å². The molecule has 0 fully saturated rings. The van der Waals surface area contributed by atoms with Gasteiger partial charge in [-0.2, -0.15) is 0 Å². The highest BCUT2D eigenvalue weighted by Gasteiger charge is 2.48. The van der Waals surface area contributed by atoms with E-state index in [0.29, 0.717) is 75.7 Å². The van der Waals surface area contributed by atoms with E-state index in [1.165, 1.54) is 6.07 Å². The van der Waals surface area contributed by atoms with Gasteiger partial charge in [0.25, 0.3) is 11.8 Å². The maximum absolute atomic E-state index is 13.3. The Bertz CT molecular complexity index is 4250. The summed E-state index contributed by atoms with van der Waals surface area (Å²) in [5.41, 5.74) is 14.0. The van der Waals surface area contributed by atoms with Gasteiger partial charge in [0.05, 0.1) is 35.5 Å². The fourth-order valence-electron chi connectivity index (χ4n) is 11.9. The second-order valence-corrected chi connectivity index (χ2v) is 28.1. The number of fused-ring (bicyclic) bond motifs is 3. The van der Waals surface area contributed by atoms with Crippen molar-refractivity contribution in [1.29, 1.82) is 0 Å². The summed E-state index contributed by atoms with van der Waals surface area (Å²) < 4.78 is 11.0. The number of aliphatic carboxylic acids is 1. The second-order valence-electron chi connectivity index (χ2n) is 26.9. The molecular formula is C87H113BrClN3O16. The minimum atomic E-state index is -1.40. The largest absolute Gasteiger partial charge is 0.479 e. The highest BCUT2D eigenvalue weighted by Crippen LogP contribution is 2.35. The average molecular weight is 1570 g/mol. The minimum Gasteiger partial charge on any atom is -0.479 e. The molecule has 0 spiro atoms. The molecule has 0 saturated carbocycles. The monoisotopic (exact) mass is 1570 g/mol. The Morgan fingerprint density at radius 1 is 0.407 bits per heavy atom. The van der Waals surface area contributed by atoms with E-state index < -0.39 is 52.3 Å². The molecule has 0 unspecified atom stereocenters. The Morgan fingerprint density at radius 3 is 0.963 bits per heavy atom. The molecule has 108 heavy (non-hydrogen) atoms. The first-order chi connectivity index (χ1) is 48.4. The van der Waals surface area contributed by atoms with Gasteiger partial charge in [-0.1, -0.05) is 214 Å². The summed E-state index contributed by atoms with van der Waals surface area (Å²) in [4.78, 5) is 132. The summed E-state index contributed by atoms with van der Waals surface area (Å²) in [5, 5.41) is 32.9. The van der Waals surface area contributed by atoms with E-state index in [1.54, 1.807) is 124 Å². The van der Waals surface area contributed by atoms with E-state index in [-0.39, 0.29) is 120 Å². The van der Waals surface area contributed by atoms with Gasteiger partial charge in [-0.05, 0) is 149 Å². The van der Waals surface area contributed by atoms with Gasteiger partial charge < -0.3 is 41.2 Å². The molecule has 19 nitrogen and oxygen atoms in total. The number of aryl methyl sites for hydroxylation is 4. The first-order valence-electron chi connectivity index (χ1n) is 34.0. The molecule has 21 heteroatoms. The molecule has 0 bridgehead atoms. The molecule has 3 aliphatic carbocycles. The Hall–Kier alpha value is -9.76. The molecular weight excluding hydrogens is 1460 g/mol. The maximum atomic E-state index is 13.3. The van der Waals surface area contributed by atoms with E-state index in [2.05, 4.69) is 26.6 Å². The van der Waals surface area contributed by atoms with Crippen LogP contribution < -0.4 is 16.4 Å². The van der Waals surface area contributed by atoms with Gasteiger partial charge in [-0.3, -0.25) is 33.6 Å². The van der Waals surface area contributed by atoms with Crippen molar-refractivity contribution >= 4 is 91.8 Å². The van der Waals surface area contributed by atoms with Crippen LogP contribution in [0.4, 0.5) is 0 Å². The van der Waals surface area contributed by atoms with Crippen LogP contribution in [0.2, 0.25) is 0 Å². The van der Waals surface area contributed by atoms with Gasteiger partial charge in [0.2, 0.25) is 5.24 Å². The number of nitrogens with one attached hydrogen (secondary N) is 2. The summed E-state index contributed by atoms with van der Waals surface area (Å²) in [5.74, 6) is -5.78. The van der Waals surface area contributed by atoms with Gasteiger partial charge in [-0.15, -0.1) is 0 Å². The third-order valence-electron chi connectivity index (χ3n) is 17.5. The van der Waals surface area contributed by atoms with Crippen LogP contribution >= 0.6 is 27.5 Å². The third-order valence-corrected chi connectivity index (χ3v) is 19.0. The van der Waals surface area contributed by atoms with E-state index in [1.807, 2.05) is 113 Å². The molecule has 0 aliphatic heterocycles. The number of nitrogens with two attached hydrogens (primary N) is 1. The standard InChI is InChI=1S/C24H27NO4.C22H23NO4.C12H15NO2.C12H14O3.C8H7BrO2.C4H7ClO.5CH4/c1-5-29-23(28)24(13-17-10-6-7-11-18(17)14-24)25-22(27)19-12-8-9-16(4)20(19)21(26)15(2)3;1-13(2)19(24)18-14(3)7-6-10-17(18)20(25)23-22(21(26)27)11-15-8-4-5-9-16(15)12-22;1-2-15-11(14)12(13)7-9-5-3-4-6-10(9)8-12;1-7(2)11(13)10-8(3)5-4-6-9(10)12(14)15;1-5-3-2-4-6(7(5)9)8(10)11;1-3(2)4(5)6;;;;;/h6-12,15H,5,13-14H2,1-4H3,(H,25,27);4-10,13H,11-12H2,1-3H3,(H,23,25)(H,26,27);3-6H,2,7-8,13H2,1H3;4-7H,1-3H3,(H,14,15);2-4H,1H3,(H,10,11);3H,1-2H3;5*1H4. The number of ketones is 3. The van der Waals surface area contributed by atoms with Crippen molar-refractivity contribution in [3.8, 4) is 0 Å². The molecule has 7 N–H and O–H groups in total. The number of hydrogen-bond donors (Lipinski definition) is 6. The molecule has 0 aromatic heterocycles. The highest BCUT2D eigenvalue weighted by atomic mass is 79.9. The van der Waals surface area contributed by atoms with Crippen LogP contribution in [0.5, 0.6) is 0 Å². The van der Waals surface area contributed by atoms with Crippen LogP contribution in [-0.4, -0.2) is 109 Å². The van der Waals surface area contributed by atoms with Gasteiger partial charge in [0, 0.05) is 83.4 Å². The zero-order valence-corrected chi connectivity index (χ0v) is 63.1. The zero-order valence-electron chi connectivity index (χ0n) is 60.8. The van der Waals surface area contributed by atoms with Crippen LogP contribution in [-0.2, 0) is 67.2 Å². The third kappa shape index (κ3) is 24.9. The average Bonchev–Trinajstić information content (AvgIpc) is 1.61. The fourth-order valence-corrected chi connectivity index (χ4v) is 12.4. The van der Waals surface area contributed by atoms with Crippen LogP contribution in [0.1, 0.15) is 235 Å². The first-order valence-corrected chi connectivity index (χ1v) is 35.1. The maximum Gasteiger partial charge on any atom is 0.336 e. The molecule has 0 heterocycles. The number of rotatable bonds is 18. The Labute approximate surface area is 652 Å². The normalized spacial score (nSPS) is 12.9. The molecule has 7 aromatic carbocycles. The number of carbonyl (C=O) groups is 11. The van der Waals surface area contributed by atoms with E-state index in [4.69, 9.17) is 37.0 Å². The molecule has 3 aliphatic rings. The van der Waals surface area contributed by atoms with Gasteiger partial charge in [-0.25, -0.2) is 19.2 Å². The quantitative estimate of drug-likeness (QED) is 0.0264. The van der Waals surface area contributed by atoms with Gasteiger partial charge in [0.15, 0.2) is 17.3 Å². The summed E-state index contributed by atoms with van der Waals surface area (Å²) in [7, 11) is 0. The number of carbonyl (C=O) groups excluding carboxylic acids is 8. The number of ether oxygens (including phenoxy) is 2. The number of aromatic carboxylic acids is 2. The molecule has 586 valence electrons. The smallest absolute Gasteiger partial charge is 0.336 e. The lowest BCUT2D eigenvalue weighted by molar-refractivity contribution is -0.150.